The summed E-state index contributed by atoms with van der Waals surface area (Å²) in [5.41, 5.74) is 3.71. The molecule has 0 N–H and O–H groups in total. The highest BCUT2D eigenvalue weighted by atomic mass is 35.5. The monoisotopic (exact) mass is 400 g/mol. The van der Waals surface area contributed by atoms with E-state index < -0.39 is 0 Å². The SMILES string of the molecule is Cc1c(-c2ccc(Cl)cc2Cl)nc2ccccc2c1C(=O)N1CCOCC1. The number of aromatic nitrogens is 1. The number of benzene rings is 2. The molecule has 0 aliphatic carbocycles. The van der Waals surface area contributed by atoms with Crippen LogP contribution in [0.2, 0.25) is 10.0 Å². The summed E-state index contributed by atoms with van der Waals surface area (Å²) in [6, 6.07) is 13.0. The molecule has 1 aliphatic rings. The van der Waals surface area contributed by atoms with Crippen LogP contribution < -0.4 is 0 Å². The number of hydrogen-bond donors (Lipinski definition) is 0. The van der Waals surface area contributed by atoms with Gasteiger partial charge in [-0.1, -0.05) is 41.4 Å². The van der Waals surface area contributed by atoms with Gasteiger partial charge in [-0.05, 0) is 36.8 Å². The molecule has 0 saturated carbocycles. The van der Waals surface area contributed by atoms with Crippen molar-refractivity contribution >= 4 is 40.0 Å². The third-order valence-corrected chi connectivity index (χ3v) is 5.38. The minimum atomic E-state index is 0.000681. The molecule has 3 aromatic rings. The number of carbonyl (C=O) groups excluding carboxylic acids is 1. The highest BCUT2D eigenvalue weighted by Crippen LogP contribution is 2.35. The van der Waals surface area contributed by atoms with E-state index in [0.717, 1.165) is 22.0 Å². The first-order valence-corrected chi connectivity index (χ1v) is 9.53. The molecule has 138 valence electrons. The number of carbonyl (C=O) groups is 1. The molecule has 0 radical (unpaired) electrons. The van der Waals surface area contributed by atoms with Crippen molar-refractivity contribution in [2.24, 2.45) is 0 Å². The van der Waals surface area contributed by atoms with Crippen LogP contribution in [0.5, 0.6) is 0 Å². The van der Waals surface area contributed by atoms with E-state index in [1.165, 1.54) is 0 Å². The van der Waals surface area contributed by atoms with E-state index in [9.17, 15) is 4.79 Å². The fraction of sp³-hybridized carbons (Fsp3) is 0.238. The Balaban J connectivity index is 1.94. The summed E-state index contributed by atoms with van der Waals surface area (Å²) in [6.45, 7) is 4.22. The second kappa shape index (κ2) is 7.47. The van der Waals surface area contributed by atoms with Crippen molar-refractivity contribution in [1.82, 2.24) is 9.88 Å². The normalized spacial score (nSPS) is 14.6. The van der Waals surface area contributed by atoms with E-state index >= 15 is 0 Å². The Hall–Kier alpha value is -2.14. The molecule has 0 unspecified atom stereocenters. The summed E-state index contributed by atoms with van der Waals surface area (Å²) >= 11 is 12.5. The van der Waals surface area contributed by atoms with Gasteiger partial charge in [0.15, 0.2) is 0 Å². The third kappa shape index (κ3) is 3.41. The Labute approximate surface area is 167 Å². The van der Waals surface area contributed by atoms with E-state index in [2.05, 4.69) is 0 Å². The maximum absolute atomic E-state index is 13.3. The molecule has 0 bridgehead atoms. The average molecular weight is 401 g/mol. The number of nitrogens with zero attached hydrogens (tertiary/aromatic N) is 2. The molecule has 0 spiro atoms. The Kier molecular flexibility index (Phi) is 5.04. The van der Waals surface area contributed by atoms with Crippen molar-refractivity contribution < 1.29 is 9.53 Å². The Morgan fingerprint density at radius 2 is 1.85 bits per heavy atom. The van der Waals surface area contributed by atoms with Gasteiger partial charge in [-0.15, -0.1) is 0 Å². The van der Waals surface area contributed by atoms with Gasteiger partial charge in [-0.2, -0.15) is 0 Å². The van der Waals surface area contributed by atoms with Crippen molar-refractivity contribution in [1.29, 1.82) is 0 Å². The van der Waals surface area contributed by atoms with E-state index in [1.807, 2.05) is 42.2 Å². The molecule has 1 saturated heterocycles. The summed E-state index contributed by atoms with van der Waals surface area (Å²) in [7, 11) is 0. The minimum absolute atomic E-state index is 0.000681. The predicted molar refractivity (Wildman–Crippen MR) is 109 cm³/mol. The van der Waals surface area contributed by atoms with Crippen molar-refractivity contribution in [2.45, 2.75) is 6.92 Å². The first-order valence-electron chi connectivity index (χ1n) is 8.78. The lowest BCUT2D eigenvalue weighted by Gasteiger charge is -2.28. The van der Waals surface area contributed by atoms with Crippen molar-refractivity contribution in [2.75, 3.05) is 26.3 Å². The number of morpholine rings is 1. The van der Waals surface area contributed by atoms with Gasteiger partial charge in [0.1, 0.15) is 0 Å². The van der Waals surface area contributed by atoms with Gasteiger partial charge in [0.2, 0.25) is 0 Å². The maximum atomic E-state index is 13.3. The van der Waals surface area contributed by atoms with Crippen molar-refractivity contribution in [3.05, 3.63) is 63.6 Å². The second-order valence-corrected chi connectivity index (χ2v) is 7.35. The number of rotatable bonds is 2. The smallest absolute Gasteiger partial charge is 0.255 e. The van der Waals surface area contributed by atoms with E-state index in [4.69, 9.17) is 32.9 Å². The fourth-order valence-corrected chi connectivity index (χ4v) is 3.95. The lowest BCUT2D eigenvalue weighted by Crippen LogP contribution is -2.41. The van der Waals surface area contributed by atoms with Gasteiger partial charge in [0, 0.05) is 29.1 Å². The number of hydrogen-bond acceptors (Lipinski definition) is 3. The van der Waals surface area contributed by atoms with Crippen LogP contribution in [-0.2, 0) is 4.74 Å². The van der Waals surface area contributed by atoms with Crippen LogP contribution in [0.3, 0.4) is 0 Å². The quantitative estimate of drug-likeness (QED) is 0.608. The lowest BCUT2D eigenvalue weighted by atomic mass is 9.96. The van der Waals surface area contributed by atoms with Gasteiger partial charge >= 0.3 is 0 Å². The first kappa shape index (κ1) is 18.2. The number of pyridine rings is 1. The average Bonchev–Trinajstić information content (AvgIpc) is 2.68. The van der Waals surface area contributed by atoms with Gasteiger partial charge in [0.05, 0.1) is 35.0 Å². The highest BCUT2D eigenvalue weighted by Gasteiger charge is 2.25. The predicted octanol–water partition coefficient (Wildman–Crippen LogP) is 4.99. The largest absolute Gasteiger partial charge is 0.378 e. The molecular weight excluding hydrogens is 383 g/mol. The van der Waals surface area contributed by atoms with Gasteiger partial charge in [-0.3, -0.25) is 4.79 Å². The molecule has 2 aromatic carbocycles. The van der Waals surface area contributed by atoms with Crippen molar-refractivity contribution in [3.8, 4) is 11.3 Å². The van der Waals surface area contributed by atoms with Crippen LogP contribution in [0.4, 0.5) is 0 Å². The van der Waals surface area contributed by atoms with Crippen LogP contribution in [0.25, 0.3) is 22.2 Å². The van der Waals surface area contributed by atoms with E-state index in [1.54, 1.807) is 12.1 Å². The first-order chi connectivity index (χ1) is 13.1. The molecule has 1 aromatic heterocycles. The molecule has 2 heterocycles. The van der Waals surface area contributed by atoms with E-state index in [-0.39, 0.29) is 5.91 Å². The van der Waals surface area contributed by atoms with Crippen LogP contribution >= 0.6 is 23.2 Å². The number of ether oxygens (including phenoxy) is 1. The Morgan fingerprint density at radius 1 is 1.11 bits per heavy atom. The zero-order valence-electron chi connectivity index (χ0n) is 14.8. The summed E-state index contributed by atoms with van der Waals surface area (Å²) in [5.74, 6) is 0.000681. The summed E-state index contributed by atoms with van der Waals surface area (Å²) in [4.78, 5) is 20.0. The standard InChI is InChI=1S/C21H18Cl2N2O2/c1-13-19(21(26)25-8-10-27-11-9-25)16-4-2-3-5-18(16)24-20(13)15-7-6-14(22)12-17(15)23/h2-7,12H,8-11H2,1H3. The van der Waals surface area contributed by atoms with Crippen LogP contribution in [0.15, 0.2) is 42.5 Å². The van der Waals surface area contributed by atoms with Gasteiger partial charge < -0.3 is 9.64 Å². The summed E-state index contributed by atoms with van der Waals surface area (Å²) in [5, 5.41) is 1.92. The number of amides is 1. The molecular formula is C21H18Cl2N2O2. The topological polar surface area (TPSA) is 42.4 Å². The number of para-hydroxylation sites is 1. The number of halogens is 2. The fourth-order valence-electron chi connectivity index (χ4n) is 3.45. The molecule has 27 heavy (non-hydrogen) atoms. The maximum Gasteiger partial charge on any atom is 0.255 e. The van der Waals surface area contributed by atoms with Crippen LogP contribution in [0, 0.1) is 6.92 Å². The molecule has 4 rings (SSSR count). The molecule has 1 aliphatic heterocycles. The zero-order valence-corrected chi connectivity index (χ0v) is 16.3. The molecule has 1 amide bonds. The highest BCUT2D eigenvalue weighted by molar-refractivity contribution is 6.36. The van der Waals surface area contributed by atoms with Crippen molar-refractivity contribution in [3.63, 3.8) is 0 Å². The molecule has 1 fully saturated rings. The van der Waals surface area contributed by atoms with Gasteiger partial charge in [-0.25, -0.2) is 4.98 Å². The third-order valence-electron chi connectivity index (χ3n) is 4.83. The van der Waals surface area contributed by atoms with Crippen LogP contribution in [0.1, 0.15) is 15.9 Å². The van der Waals surface area contributed by atoms with E-state index in [0.29, 0.717) is 47.6 Å². The summed E-state index contributed by atoms with van der Waals surface area (Å²) < 4.78 is 5.39. The minimum Gasteiger partial charge on any atom is -0.378 e. The number of fused-ring (bicyclic) bond motifs is 1. The summed E-state index contributed by atoms with van der Waals surface area (Å²) in [6.07, 6.45) is 0. The molecule has 4 nitrogen and oxygen atoms in total. The molecule has 0 atom stereocenters. The lowest BCUT2D eigenvalue weighted by molar-refractivity contribution is 0.0303. The molecule has 6 heteroatoms. The van der Waals surface area contributed by atoms with Crippen LogP contribution in [-0.4, -0.2) is 42.1 Å². The van der Waals surface area contributed by atoms with Gasteiger partial charge in [0.25, 0.3) is 5.91 Å². The Morgan fingerprint density at radius 3 is 2.59 bits per heavy atom. The second-order valence-electron chi connectivity index (χ2n) is 6.51. The zero-order chi connectivity index (χ0) is 19.0. The Bertz CT molecular complexity index is 1030.